The van der Waals surface area contributed by atoms with E-state index in [1.165, 1.54) is 5.57 Å². The SMILES string of the molecule is COCOCCC[C@@]12C=C(C)C(C)(C)[C@@H]1CC(=O)[C@]1(C)[C@@H]2[C@@H](O[Si](C)(C)C(C)(C)C)CC[C@@H]1O. The van der Waals surface area contributed by atoms with Gasteiger partial charge >= 0.3 is 0 Å². The van der Waals surface area contributed by atoms with Crippen molar-refractivity contribution < 1.29 is 23.8 Å². The molecule has 0 radical (unpaired) electrons. The standard InChI is InChI=1S/C28H50O5Si/c1-19-17-28(14-11-15-32-18-31-8)21(26(19,5)6)16-23(30)27(7)22(29)13-12-20(24(27)28)33-34(9,10)25(2,3)4/h17,20-22,24,29H,11-16,18H2,1-10H3/t20-,21-,22-,24-,27+,28+/m0/s1. The number of aliphatic hydroxyl groups is 1. The van der Waals surface area contributed by atoms with E-state index in [1.807, 2.05) is 6.92 Å². The number of rotatable bonds is 8. The first-order valence-electron chi connectivity index (χ1n) is 13.2. The zero-order valence-electron chi connectivity index (χ0n) is 23.4. The average Bonchev–Trinajstić information content (AvgIpc) is 2.90. The molecule has 0 unspecified atom stereocenters. The second kappa shape index (κ2) is 9.40. The van der Waals surface area contributed by atoms with Gasteiger partial charge in [0.2, 0.25) is 0 Å². The summed E-state index contributed by atoms with van der Waals surface area (Å²) in [5.41, 5.74) is 0.320. The highest BCUT2D eigenvalue weighted by molar-refractivity contribution is 6.74. The molecular weight excluding hydrogens is 444 g/mol. The Hall–Kier alpha value is -0.533. The second-order valence-corrected chi connectivity index (χ2v) is 18.3. The summed E-state index contributed by atoms with van der Waals surface area (Å²) < 4.78 is 17.9. The monoisotopic (exact) mass is 494 g/mol. The van der Waals surface area contributed by atoms with Gasteiger partial charge in [0.15, 0.2) is 8.32 Å². The van der Waals surface area contributed by atoms with Crippen molar-refractivity contribution in [1.82, 2.24) is 0 Å². The lowest BCUT2D eigenvalue weighted by molar-refractivity contribution is -0.190. The summed E-state index contributed by atoms with van der Waals surface area (Å²) in [5.74, 6) is 0.396. The van der Waals surface area contributed by atoms with Gasteiger partial charge in [0.05, 0.1) is 11.5 Å². The lowest BCUT2D eigenvalue weighted by Crippen LogP contribution is -2.66. The Bertz CT molecular complexity index is 797. The van der Waals surface area contributed by atoms with Gasteiger partial charge in [0.1, 0.15) is 12.6 Å². The zero-order chi connectivity index (χ0) is 25.7. The van der Waals surface area contributed by atoms with E-state index in [0.717, 1.165) is 19.3 Å². The number of hydrogen-bond donors (Lipinski definition) is 1. The molecule has 0 spiro atoms. The minimum atomic E-state index is -2.08. The minimum Gasteiger partial charge on any atom is -0.414 e. The van der Waals surface area contributed by atoms with Crippen molar-refractivity contribution in [3.8, 4) is 0 Å². The molecule has 6 heteroatoms. The maximum atomic E-state index is 13.9. The quantitative estimate of drug-likeness (QED) is 0.191. The molecule has 0 aromatic rings. The van der Waals surface area contributed by atoms with Crippen molar-refractivity contribution in [3.63, 3.8) is 0 Å². The summed E-state index contributed by atoms with van der Waals surface area (Å²) in [5, 5.41) is 11.4. The Balaban J connectivity index is 2.10. The summed E-state index contributed by atoms with van der Waals surface area (Å²) in [4.78, 5) is 13.9. The smallest absolute Gasteiger partial charge is 0.192 e. The number of carbonyl (C=O) groups is 1. The van der Waals surface area contributed by atoms with Crippen LogP contribution in [0.25, 0.3) is 0 Å². The molecule has 0 aromatic heterocycles. The Morgan fingerprint density at radius 2 is 1.82 bits per heavy atom. The van der Waals surface area contributed by atoms with E-state index in [2.05, 4.69) is 60.7 Å². The summed E-state index contributed by atoms with van der Waals surface area (Å²) in [6.07, 6.45) is 5.62. The van der Waals surface area contributed by atoms with Crippen LogP contribution in [-0.2, 0) is 18.7 Å². The predicted octanol–water partition coefficient (Wildman–Crippen LogP) is 6.12. The third kappa shape index (κ3) is 4.40. The van der Waals surface area contributed by atoms with E-state index in [0.29, 0.717) is 26.2 Å². The van der Waals surface area contributed by atoms with Gasteiger partial charge in [0.25, 0.3) is 0 Å². The van der Waals surface area contributed by atoms with Crippen LogP contribution in [0.2, 0.25) is 18.1 Å². The largest absolute Gasteiger partial charge is 0.414 e. The Morgan fingerprint density at radius 3 is 2.41 bits per heavy atom. The normalized spacial score (nSPS) is 37.9. The van der Waals surface area contributed by atoms with E-state index >= 15 is 0 Å². The molecule has 5 nitrogen and oxygen atoms in total. The van der Waals surface area contributed by atoms with Crippen LogP contribution in [-0.4, -0.2) is 51.9 Å². The van der Waals surface area contributed by atoms with E-state index in [4.69, 9.17) is 13.9 Å². The average molecular weight is 495 g/mol. The fourth-order valence-corrected chi connectivity index (χ4v) is 8.51. The van der Waals surface area contributed by atoms with Crippen molar-refractivity contribution in [3.05, 3.63) is 11.6 Å². The minimum absolute atomic E-state index is 0.0288. The molecule has 6 atom stereocenters. The molecule has 0 bridgehead atoms. The van der Waals surface area contributed by atoms with Gasteiger partial charge in [-0.2, -0.15) is 0 Å². The zero-order valence-corrected chi connectivity index (χ0v) is 24.4. The first-order chi connectivity index (χ1) is 15.6. The van der Waals surface area contributed by atoms with E-state index in [9.17, 15) is 9.90 Å². The van der Waals surface area contributed by atoms with Crippen LogP contribution in [0, 0.1) is 28.1 Å². The predicted molar refractivity (Wildman–Crippen MR) is 139 cm³/mol. The molecule has 3 aliphatic rings. The van der Waals surface area contributed by atoms with Crippen LogP contribution in [0.5, 0.6) is 0 Å². The Labute approximate surface area is 209 Å². The number of ether oxygens (including phenoxy) is 2. The first-order valence-corrected chi connectivity index (χ1v) is 16.1. The number of carbonyl (C=O) groups excluding carboxylic acids is 1. The van der Waals surface area contributed by atoms with Gasteiger partial charge in [0, 0.05) is 32.2 Å². The third-order valence-electron chi connectivity index (χ3n) is 10.4. The summed E-state index contributed by atoms with van der Waals surface area (Å²) in [7, 11) is -0.435. The number of methoxy groups -OCH3 is 1. The van der Waals surface area contributed by atoms with E-state index in [1.54, 1.807) is 7.11 Å². The van der Waals surface area contributed by atoms with Crippen molar-refractivity contribution in [2.24, 2.45) is 28.1 Å². The van der Waals surface area contributed by atoms with Crippen molar-refractivity contribution >= 4 is 14.1 Å². The molecule has 3 rings (SSSR count). The topological polar surface area (TPSA) is 65.0 Å². The number of allylic oxidation sites excluding steroid dienone is 2. The highest BCUT2D eigenvalue weighted by Gasteiger charge is 2.69. The lowest BCUT2D eigenvalue weighted by Gasteiger charge is -2.62. The number of fused-ring (bicyclic) bond motifs is 3. The highest BCUT2D eigenvalue weighted by Crippen LogP contribution is 2.69. The van der Waals surface area contributed by atoms with Crippen LogP contribution in [0.3, 0.4) is 0 Å². The lowest BCUT2D eigenvalue weighted by atomic mass is 9.43. The van der Waals surface area contributed by atoms with Gasteiger partial charge < -0.3 is 19.0 Å². The van der Waals surface area contributed by atoms with Gasteiger partial charge in [-0.15, -0.1) is 0 Å². The van der Waals surface area contributed by atoms with E-state index < -0.39 is 19.8 Å². The summed E-state index contributed by atoms with van der Waals surface area (Å²) in [6.45, 7) is 21.2. The molecule has 0 aliphatic heterocycles. The molecule has 1 N–H and O–H groups in total. The Morgan fingerprint density at radius 1 is 1.18 bits per heavy atom. The number of aliphatic hydroxyl groups excluding tert-OH is 1. The maximum absolute atomic E-state index is 13.9. The van der Waals surface area contributed by atoms with Crippen LogP contribution in [0.15, 0.2) is 11.6 Å². The summed E-state index contributed by atoms with van der Waals surface area (Å²) >= 11 is 0. The van der Waals surface area contributed by atoms with Crippen LogP contribution >= 0.6 is 0 Å². The van der Waals surface area contributed by atoms with E-state index in [-0.39, 0.29) is 39.6 Å². The fraction of sp³-hybridized carbons (Fsp3) is 0.893. The molecule has 196 valence electrons. The molecule has 0 saturated heterocycles. The molecule has 0 aromatic carbocycles. The van der Waals surface area contributed by atoms with Gasteiger partial charge in [-0.1, -0.05) is 46.3 Å². The molecule has 0 amide bonds. The molecule has 2 fully saturated rings. The molecular formula is C28H50O5Si. The molecule has 3 aliphatic carbocycles. The fourth-order valence-electron chi connectivity index (χ4n) is 7.15. The van der Waals surface area contributed by atoms with Crippen molar-refractivity contribution in [1.29, 1.82) is 0 Å². The van der Waals surface area contributed by atoms with Crippen LogP contribution in [0.1, 0.15) is 80.6 Å². The van der Waals surface area contributed by atoms with Gasteiger partial charge in [-0.3, -0.25) is 4.79 Å². The van der Waals surface area contributed by atoms with Crippen LogP contribution in [0.4, 0.5) is 0 Å². The molecule has 0 heterocycles. The van der Waals surface area contributed by atoms with Gasteiger partial charge in [-0.05, 0) is 74.4 Å². The summed E-state index contributed by atoms with van der Waals surface area (Å²) in [6, 6.07) is 0. The molecule has 34 heavy (non-hydrogen) atoms. The number of Topliss-reactive ketones (excluding diaryl/α,β-unsaturated/α-hetero) is 1. The van der Waals surface area contributed by atoms with Crippen molar-refractivity contribution in [2.45, 2.75) is 111 Å². The maximum Gasteiger partial charge on any atom is 0.192 e. The Kier molecular flexibility index (Phi) is 7.76. The number of ketones is 1. The van der Waals surface area contributed by atoms with Crippen LogP contribution < -0.4 is 0 Å². The first kappa shape index (κ1) is 28.0. The van der Waals surface area contributed by atoms with Crippen molar-refractivity contribution in [2.75, 3.05) is 20.5 Å². The highest BCUT2D eigenvalue weighted by atomic mass is 28.4. The number of hydrogen-bond acceptors (Lipinski definition) is 5. The molecule has 2 saturated carbocycles. The second-order valence-electron chi connectivity index (χ2n) is 13.5. The third-order valence-corrected chi connectivity index (χ3v) is 14.9. The van der Waals surface area contributed by atoms with Gasteiger partial charge in [-0.25, -0.2) is 0 Å².